The number of fused-ring (bicyclic) bond motifs is 1. The van der Waals surface area contributed by atoms with E-state index in [-0.39, 0.29) is 17.9 Å². The second-order valence-electron chi connectivity index (χ2n) is 3.55. The maximum atomic E-state index is 9.19. The Bertz CT molecular complexity index is 529. The van der Waals surface area contributed by atoms with Gasteiger partial charge in [0.2, 0.25) is 5.28 Å². The van der Waals surface area contributed by atoms with E-state index in [1.807, 2.05) is 12.3 Å². The second kappa shape index (κ2) is 5.48. The third kappa shape index (κ3) is 2.70. The van der Waals surface area contributed by atoms with Gasteiger partial charge in [0, 0.05) is 5.38 Å². The molecule has 0 fully saturated rings. The molecule has 0 saturated heterocycles. The van der Waals surface area contributed by atoms with Gasteiger partial charge in [-0.15, -0.1) is 11.3 Å². The van der Waals surface area contributed by atoms with Gasteiger partial charge in [0.25, 0.3) is 0 Å². The summed E-state index contributed by atoms with van der Waals surface area (Å²) >= 11 is 10.8. The van der Waals surface area contributed by atoms with E-state index < -0.39 is 0 Å². The van der Waals surface area contributed by atoms with Crippen molar-refractivity contribution < 1.29 is 5.11 Å². The molecule has 2 heterocycles. The summed E-state index contributed by atoms with van der Waals surface area (Å²) in [7, 11) is 0. The molecule has 2 N–H and O–H groups in total. The van der Waals surface area contributed by atoms with Crippen LogP contribution in [-0.4, -0.2) is 27.7 Å². The van der Waals surface area contributed by atoms with Crippen molar-refractivity contribution in [3.63, 3.8) is 0 Å². The Balaban J connectivity index is 2.45. The Morgan fingerprint density at radius 1 is 1.59 bits per heavy atom. The number of aromatic nitrogens is 2. The quantitative estimate of drug-likeness (QED) is 0.841. The van der Waals surface area contributed by atoms with E-state index in [1.165, 1.54) is 11.3 Å². The highest BCUT2D eigenvalue weighted by Crippen LogP contribution is 2.33. The third-order valence-corrected chi connectivity index (χ3v) is 4.30. The largest absolute Gasteiger partial charge is 0.394 e. The maximum absolute atomic E-state index is 9.19. The van der Waals surface area contributed by atoms with Crippen LogP contribution in [0.15, 0.2) is 9.17 Å². The summed E-state index contributed by atoms with van der Waals surface area (Å²) in [4.78, 5) is 8.34. The number of rotatable bonds is 4. The summed E-state index contributed by atoms with van der Waals surface area (Å²) in [6.45, 7) is 2.06. The summed E-state index contributed by atoms with van der Waals surface area (Å²) in [5.74, 6) is 0.669. The summed E-state index contributed by atoms with van der Waals surface area (Å²) < 4.78 is 0.928. The fraction of sp³-hybridized carbons (Fsp3) is 0.400. The molecule has 0 unspecified atom stereocenters. The van der Waals surface area contributed by atoms with E-state index in [0.29, 0.717) is 5.82 Å². The zero-order valence-electron chi connectivity index (χ0n) is 9.07. The SMILES string of the molecule is CC[C@H](CO)Nc1nc(Cl)nc2c(Br)scc12. The molecule has 0 amide bonds. The number of hydrogen-bond acceptors (Lipinski definition) is 5. The lowest BCUT2D eigenvalue weighted by Crippen LogP contribution is -2.23. The van der Waals surface area contributed by atoms with Gasteiger partial charge in [0.1, 0.15) is 11.3 Å². The molecule has 0 spiro atoms. The van der Waals surface area contributed by atoms with Gasteiger partial charge in [-0.3, -0.25) is 0 Å². The van der Waals surface area contributed by atoms with E-state index in [9.17, 15) is 5.11 Å². The first-order chi connectivity index (χ1) is 8.15. The van der Waals surface area contributed by atoms with Crippen molar-refractivity contribution in [1.82, 2.24) is 9.97 Å². The predicted octanol–water partition coefficient (Wildman–Crippen LogP) is 3.29. The minimum Gasteiger partial charge on any atom is -0.394 e. The van der Waals surface area contributed by atoms with Crippen LogP contribution in [0.2, 0.25) is 5.28 Å². The fourth-order valence-corrected chi connectivity index (χ4v) is 2.91. The van der Waals surface area contributed by atoms with Crippen molar-refractivity contribution in [2.45, 2.75) is 19.4 Å². The minimum atomic E-state index is -0.0251. The van der Waals surface area contributed by atoms with Gasteiger partial charge in [0.05, 0.1) is 21.8 Å². The van der Waals surface area contributed by atoms with E-state index >= 15 is 0 Å². The molecule has 2 aromatic heterocycles. The molecule has 2 aromatic rings. The van der Waals surface area contributed by atoms with Crippen molar-refractivity contribution in [3.8, 4) is 0 Å². The van der Waals surface area contributed by atoms with Crippen LogP contribution in [0.3, 0.4) is 0 Å². The lowest BCUT2D eigenvalue weighted by Gasteiger charge is -2.15. The first kappa shape index (κ1) is 13.0. The highest BCUT2D eigenvalue weighted by atomic mass is 79.9. The predicted molar refractivity (Wildman–Crippen MR) is 74.9 cm³/mol. The Kier molecular flexibility index (Phi) is 4.19. The van der Waals surface area contributed by atoms with Crippen molar-refractivity contribution >= 4 is 55.6 Å². The van der Waals surface area contributed by atoms with E-state index in [4.69, 9.17) is 11.6 Å². The Morgan fingerprint density at radius 3 is 3.00 bits per heavy atom. The van der Waals surface area contributed by atoms with E-state index in [1.54, 1.807) is 0 Å². The van der Waals surface area contributed by atoms with E-state index in [2.05, 4.69) is 31.2 Å². The third-order valence-electron chi connectivity index (χ3n) is 2.44. The van der Waals surface area contributed by atoms with Gasteiger partial charge in [-0.25, -0.2) is 9.97 Å². The number of anilines is 1. The number of nitrogens with one attached hydrogen (secondary N) is 1. The van der Waals surface area contributed by atoms with Crippen LogP contribution >= 0.6 is 38.9 Å². The molecule has 2 rings (SSSR count). The first-order valence-electron chi connectivity index (χ1n) is 5.13. The van der Waals surface area contributed by atoms with Crippen molar-refractivity contribution in [2.75, 3.05) is 11.9 Å². The molecule has 17 heavy (non-hydrogen) atoms. The summed E-state index contributed by atoms with van der Waals surface area (Å²) in [6.07, 6.45) is 0.810. The Labute approximate surface area is 116 Å². The topological polar surface area (TPSA) is 58.0 Å². The molecule has 4 nitrogen and oxygen atoms in total. The number of hydrogen-bond donors (Lipinski definition) is 2. The normalized spacial score (nSPS) is 12.9. The molecule has 92 valence electrons. The number of halogens is 2. The smallest absolute Gasteiger partial charge is 0.224 e. The fourth-order valence-electron chi connectivity index (χ4n) is 1.45. The van der Waals surface area contributed by atoms with Crippen LogP contribution in [0.5, 0.6) is 0 Å². The molecule has 0 aliphatic heterocycles. The zero-order valence-corrected chi connectivity index (χ0v) is 12.2. The van der Waals surface area contributed by atoms with Crippen LogP contribution < -0.4 is 5.32 Å². The van der Waals surface area contributed by atoms with Crippen LogP contribution in [-0.2, 0) is 0 Å². The summed E-state index contributed by atoms with van der Waals surface area (Å²) in [5, 5.41) is 15.4. The van der Waals surface area contributed by atoms with Crippen molar-refractivity contribution in [2.24, 2.45) is 0 Å². The van der Waals surface area contributed by atoms with E-state index in [0.717, 1.165) is 21.1 Å². The molecule has 1 atom stereocenters. The van der Waals surface area contributed by atoms with Crippen LogP contribution in [0, 0.1) is 0 Å². The van der Waals surface area contributed by atoms with Crippen LogP contribution in [0.4, 0.5) is 5.82 Å². The van der Waals surface area contributed by atoms with Gasteiger partial charge in [0.15, 0.2) is 0 Å². The molecule has 7 heteroatoms. The average Bonchev–Trinajstić information content (AvgIpc) is 2.68. The van der Waals surface area contributed by atoms with Crippen molar-refractivity contribution in [3.05, 3.63) is 14.5 Å². The minimum absolute atomic E-state index is 0.0251. The average molecular weight is 337 g/mol. The molecule has 0 radical (unpaired) electrons. The molecule has 0 bridgehead atoms. The number of aliphatic hydroxyl groups is 1. The zero-order chi connectivity index (χ0) is 12.4. The van der Waals surface area contributed by atoms with Gasteiger partial charge >= 0.3 is 0 Å². The highest BCUT2D eigenvalue weighted by Gasteiger charge is 2.13. The van der Waals surface area contributed by atoms with Gasteiger partial charge in [-0.1, -0.05) is 6.92 Å². The van der Waals surface area contributed by atoms with Crippen LogP contribution in [0.25, 0.3) is 10.9 Å². The molecule has 0 aliphatic rings. The standard InChI is InChI=1S/C10H11BrClN3OS/c1-2-5(3-16)13-9-6-4-17-8(11)7(6)14-10(12)15-9/h4-5,16H,2-3H2,1H3,(H,13,14,15)/t5-/m1/s1. The number of nitrogens with zero attached hydrogens (tertiary/aromatic N) is 2. The highest BCUT2D eigenvalue weighted by molar-refractivity contribution is 9.11. The lowest BCUT2D eigenvalue weighted by atomic mass is 10.2. The lowest BCUT2D eigenvalue weighted by molar-refractivity contribution is 0.271. The number of aliphatic hydroxyl groups excluding tert-OH is 1. The van der Waals surface area contributed by atoms with Gasteiger partial charge in [-0.2, -0.15) is 0 Å². The van der Waals surface area contributed by atoms with Crippen LogP contribution in [0.1, 0.15) is 13.3 Å². The molecule has 0 saturated carbocycles. The summed E-state index contributed by atoms with van der Waals surface area (Å²) in [5.41, 5.74) is 0.797. The Hall–Kier alpha value is -0.430. The molecule has 0 aromatic carbocycles. The monoisotopic (exact) mass is 335 g/mol. The van der Waals surface area contributed by atoms with Crippen molar-refractivity contribution in [1.29, 1.82) is 0 Å². The Morgan fingerprint density at radius 2 is 2.35 bits per heavy atom. The first-order valence-corrected chi connectivity index (χ1v) is 7.18. The van der Waals surface area contributed by atoms with Gasteiger partial charge < -0.3 is 10.4 Å². The maximum Gasteiger partial charge on any atom is 0.224 e. The molecular weight excluding hydrogens is 326 g/mol. The van der Waals surface area contributed by atoms with Gasteiger partial charge in [-0.05, 0) is 34.0 Å². The second-order valence-corrected chi connectivity index (χ2v) is 6.08. The number of thiophene rings is 1. The summed E-state index contributed by atoms with van der Waals surface area (Å²) in [6, 6.07) is -0.0251. The molecular formula is C10H11BrClN3OS. The molecule has 0 aliphatic carbocycles.